The second-order valence-electron chi connectivity index (χ2n) is 5.96. The first-order valence-corrected chi connectivity index (χ1v) is 7.75. The summed E-state index contributed by atoms with van der Waals surface area (Å²) in [7, 11) is 0. The molecule has 1 aliphatic rings. The van der Waals surface area contributed by atoms with E-state index < -0.39 is 0 Å². The number of carbonyl (C=O) groups excluding carboxylic acids is 1. The highest BCUT2D eigenvalue weighted by Gasteiger charge is 2.23. The average Bonchev–Trinajstić information content (AvgIpc) is 2.54. The van der Waals surface area contributed by atoms with Gasteiger partial charge < -0.3 is 15.2 Å². The van der Waals surface area contributed by atoms with Crippen LogP contribution < -0.4 is 5.32 Å². The van der Waals surface area contributed by atoms with E-state index in [1.807, 2.05) is 31.2 Å². The van der Waals surface area contributed by atoms with Crippen molar-refractivity contribution in [1.29, 1.82) is 0 Å². The van der Waals surface area contributed by atoms with Gasteiger partial charge >= 0.3 is 0 Å². The van der Waals surface area contributed by atoms with Crippen molar-refractivity contribution in [3.63, 3.8) is 0 Å². The Labute approximate surface area is 130 Å². The number of fused-ring (bicyclic) bond motifs is 1. The number of benzene rings is 2. The Morgan fingerprint density at radius 3 is 2.73 bits per heavy atom. The minimum Gasteiger partial charge on any atom is -0.507 e. The van der Waals surface area contributed by atoms with E-state index in [9.17, 15) is 9.90 Å². The lowest BCUT2D eigenvalue weighted by Gasteiger charge is -2.28. The third-order valence-corrected chi connectivity index (χ3v) is 4.37. The molecule has 0 bridgehead atoms. The number of amides is 1. The molecule has 1 amide bonds. The number of carbonyl (C=O) groups is 1. The van der Waals surface area contributed by atoms with E-state index in [1.54, 1.807) is 12.1 Å². The van der Waals surface area contributed by atoms with Gasteiger partial charge in [0.1, 0.15) is 5.75 Å². The standard InChI is InChI=1S/C18H21NO3/c1-12(15-7-4-8-22-11-15)19-18(21)16-9-13-5-2-3-6-14(13)10-17(16)20/h2-3,5-6,9-10,12,15,20H,4,7-8,11H2,1H3,(H,19,21). The van der Waals surface area contributed by atoms with Crippen molar-refractivity contribution in [3.8, 4) is 5.75 Å². The highest BCUT2D eigenvalue weighted by molar-refractivity contribution is 6.01. The van der Waals surface area contributed by atoms with Crippen LogP contribution in [0.2, 0.25) is 0 Å². The zero-order chi connectivity index (χ0) is 15.5. The third-order valence-electron chi connectivity index (χ3n) is 4.37. The molecule has 116 valence electrons. The summed E-state index contributed by atoms with van der Waals surface area (Å²) in [4.78, 5) is 12.5. The van der Waals surface area contributed by atoms with Crippen LogP contribution in [0.5, 0.6) is 5.75 Å². The molecule has 0 saturated carbocycles. The molecule has 2 unspecified atom stereocenters. The van der Waals surface area contributed by atoms with Gasteiger partial charge in [-0.25, -0.2) is 0 Å². The van der Waals surface area contributed by atoms with Gasteiger partial charge in [0.15, 0.2) is 0 Å². The van der Waals surface area contributed by atoms with Crippen molar-refractivity contribution in [2.45, 2.75) is 25.8 Å². The number of hydrogen-bond donors (Lipinski definition) is 2. The van der Waals surface area contributed by atoms with E-state index in [1.165, 1.54) is 0 Å². The second-order valence-corrected chi connectivity index (χ2v) is 5.96. The molecule has 0 spiro atoms. The van der Waals surface area contributed by atoms with Crippen molar-refractivity contribution >= 4 is 16.7 Å². The van der Waals surface area contributed by atoms with E-state index in [0.29, 0.717) is 18.1 Å². The van der Waals surface area contributed by atoms with E-state index in [-0.39, 0.29) is 17.7 Å². The number of phenolic OH excluding ortho intramolecular Hbond substituents is 1. The van der Waals surface area contributed by atoms with Gasteiger partial charge in [-0.1, -0.05) is 24.3 Å². The third kappa shape index (κ3) is 3.07. The maximum Gasteiger partial charge on any atom is 0.255 e. The van der Waals surface area contributed by atoms with Gasteiger partial charge in [-0.2, -0.15) is 0 Å². The number of phenols is 1. The topological polar surface area (TPSA) is 58.6 Å². The average molecular weight is 299 g/mol. The molecule has 1 aliphatic heterocycles. The van der Waals surface area contributed by atoms with Gasteiger partial charge in [-0.15, -0.1) is 0 Å². The lowest BCUT2D eigenvalue weighted by atomic mass is 9.94. The molecule has 0 aromatic heterocycles. The summed E-state index contributed by atoms with van der Waals surface area (Å²) >= 11 is 0. The number of nitrogens with one attached hydrogen (secondary N) is 1. The second kappa shape index (κ2) is 6.36. The first-order chi connectivity index (χ1) is 10.6. The van der Waals surface area contributed by atoms with Crippen LogP contribution in [-0.4, -0.2) is 30.3 Å². The van der Waals surface area contributed by atoms with Crippen LogP contribution in [-0.2, 0) is 4.74 Å². The number of hydrogen-bond acceptors (Lipinski definition) is 3. The van der Waals surface area contributed by atoms with E-state index >= 15 is 0 Å². The van der Waals surface area contributed by atoms with Crippen LogP contribution >= 0.6 is 0 Å². The Bertz CT molecular complexity index is 677. The predicted octanol–water partition coefficient (Wildman–Crippen LogP) is 3.09. The maximum atomic E-state index is 12.5. The molecule has 1 fully saturated rings. The quantitative estimate of drug-likeness (QED) is 0.915. The Morgan fingerprint density at radius 2 is 2.05 bits per heavy atom. The Morgan fingerprint density at radius 1 is 1.32 bits per heavy atom. The molecule has 1 saturated heterocycles. The first kappa shape index (κ1) is 14.9. The Kier molecular flexibility index (Phi) is 4.29. The molecule has 4 heteroatoms. The summed E-state index contributed by atoms with van der Waals surface area (Å²) in [5, 5.41) is 15.0. The first-order valence-electron chi connectivity index (χ1n) is 7.75. The van der Waals surface area contributed by atoms with Crippen LogP contribution in [0.15, 0.2) is 36.4 Å². The van der Waals surface area contributed by atoms with Gasteiger partial charge in [0.2, 0.25) is 0 Å². The summed E-state index contributed by atoms with van der Waals surface area (Å²) in [6, 6.07) is 11.1. The Hall–Kier alpha value is -2.07. The van der Waals surface area contributed by atoms with Crippen molar-refractivity contribution in [1.82, 2.24) is 5.32 Å². The monoisotopic (exact) mass is 299 g/mol. The summed E-state index contributed by atoms with van der Waals surface area (Å²) in [6.07, 6.45) is 2.09. The van der Waals surface area contributed by atoms with Gasteiger partial charge in [0.25, 0.3) is 5.91 Å². The summed E-state index contributed by atoms with van der Waals surface area (Å²) in [5.41, 5.74) is 0.322. The predicted molar refractivity (Wildman–Crippen MR) is 86.1 cm³/mol. The van der Waals surface area contributed by atoms with Crippen molar-refractivity contribution in [2.75, 3.05) is 13.2 Å². The fourth-order valence-electron chi connectivity index (χ4n) is 2.97. The fourth-order valence-corrected chi connectivity index (χ4v) is 2.97. The lowest BCUT2D eigenvalue weighted by Crippen LogP contribution is -2.41. The van der Waals surface area contributed by atoms with Crippen LogP contribution in [0, 0.1) is 5.92 Å². The van der Waals surface area contributed by atoms with Crippen LogP contribution in [0.4, 0.5) is 0 Å². The molecule has 3 rings (SSSR count). The van der Waals surface area contributed by atoms with Crippen LogP contribution in [0.25, 0.3) is 10.8 Å². The zero-order valence-electron chi connectivity index (χ0n) is 12.7. The highest BCUT2D eigenvalue weighted by Crippen LogP contribution is 2.25. The van der Waals surface area contributed by atoms with E-state index in [2.05, 4.69) is 5.32 Å². The molecule has 2 atom stereocenters. The SMILES string of the molecule is CC(NC(=O)c1cc2ccccc2cc1O)C1CCCOC1. The number of ether oxygens (including phenoxy) is 1. The molecule has 22 heavy (non-hydrogen) atoms. The van der Waals surface area contributed by atoms with Gasteiger partial charge in [0, 0.05) is 18.6 Å². The summed E-state index contributed by atoms with van der Waals surface area (Å²) in [5.74, 6) is 0.116. The molecule has 1 heterocycles. The molecule has 0 aliphatic carbocycles. The lowest BCUT2D eigenvalue weighted by molar-refractivity contribution is 0.0409. The minimum absolute atomic E-state index is 0.0169. The van der Waals surface area contributed by atoms with Crippen LogP contribution in [0.1, 0.15) is 30.1 Å². The molecular weight excluding hydrogens is 278 g/mol. The zero-order valence-corrected chi connectivity index (χ0v) is 12.7. The summed E-state index contributed by atoms with van der Waals surface area (Å²) in [6.45, 7) is 3.49. The number of rotatable bonds is 3. The number of aromatic hydroxyl groups is 1. The summed E-state index contributed by atoms with van der Waals surface area (Å²) < 4.78 is 5.47. The molecule has 0 radical (unpaired) electrons. The molecule has 2 aromatic carbocycles. The van der Waals surface area contributed by atoms with E-state index in [4.69, 9.17) is 4.74 Å². The molecule has 4 nitrogen and oxygen atoms in total. The highest BCUT2D eigenvalue weighted by atomic mass is 16.5. The van der Waals surface area contributed by atoms with Gasteiger partial charge in [0.05, 0.1) is 12.2 Å². The molecule has 2 aromatic rings. The largest absolute Gasteiger partial charge is 0.507 e. The normalized spacial score (nSPS) is 19.8. The van der Waals surface area contributed by atoms with Crippen molar-refractivity contribution < 1.29 is 14.6 Å². The van der Waals surface area contributed by atoms with Gasteiger partial charge in [-0.3, -0.25) is 4.79 Å². The van der Waals surface area contributed by atoms with Gasteiger partial charge in [-0.05, 0) is 42.7 Å². The van der Waals surface area contributed by atoms with Crippen molar-refractivity contribution in [3.05, 3.63) is 42.0 Å². The van der Waals surface area contributed by atoms with Crippen molar-refractivity contribution in [2.24, 2.45) is 5.92 Å². The minimum atomic E-state index is -0.235. The maximum absolute atomic E-state index is 12.5. The van der Waals surface area contributed by atoms with Crippen LogP contribution in [0.3, 0.4) is 0 Å². The fraction of sp³-hybridized carbons (Fsp3) is 0.389. The smallest absolute Gasteiger partial charge is 0.255 e. The molecule has 2 N–H and O–H groups in total. The molecular formula is C18H21NO3. The van der Waals surface area contributed by atoms with E-state index in [0.717, 1.165) is 30.2 Å². The Balaban J connectivity index is 1.78.